The van der Waals surface area contributed by atoms with Crippen LogP contribution < -0.4 is 5.32 Å². The van der Waals surface area contributed by atoms with Gasteiger partial charge in [-0.3, -0.25) is 4.79 Å². The van der Waals surface area contributed by atoms with Crippen molar-refractivity contribution in [2.75, 3.05) is 39.9 Å². The average molecular weight is 391 g/mol. The van der Waals surface area contributed by atoms with Gasteiger partial charge in [-0.2, -0.15) is 0 Å². The second kappa shape index (κ2) is 10.0. The second-order valence-electron chi connectivity index (χ2n) is 9.24. The Hall–Kier alpha value is -1.17. The van der Waals surface area contributed by atoms with Gasteiger partial charge in [-0.1, -0.05) is 30.7 Å². The fourth-order valence-corrected chi connectivity index (χ4v) is 4.53. The van der Waals surface area contributed by atoms with Crippen LogP contribution in [0.3, 0.4) is 0 Å². The summed E-state index contributed by atoms with van der Waals surface area (Å²) >= 11 is 0. The number of ether oxygens (including phenoxy) is 1. The molecule has 4 aliphatic rings. The lowest BCUT2D eigenvalue weighted by atomic mass is 9.68. The number of nitrogens with zero attached hydrogens (tertiary/aromatic N) is 1. The van der Waals surface area contributed by atoms with Gasteiger partial charge in [-0.15, -0.1) is 0 Å². The van der Waals surface area contributed by atoms with E-state index in [1.807, 2.05) is 0 Å². The second-order valence-corrected chi connectivity index (χ2v) is 9.24. The van der Waals surface area contributed by atoms with Gasteiger partial charge in [0.25, 0.3) is 0 Å². The molecule has 2 N–H and O–H groups in total. The predicted octanol–water partition coefficient (Wildman–Crippen LogP) is 3.61. The topological polar surface area (TPSA) is 61.8 Å². The van der Waals surface area contributed by atoms with E-state index in [2.05, 4.69) is 34.5 Å². The normalized spacial score (nSPS) is 25.5. The molecule has 1 saturated heterocycles. The molecule has 0 spiro atoms. The Bertz CT molecular complexity index is 544. The number of hydrogen-bond donors (Lipinski definition) is 2. The third-order valence-electron chi connectivity index (χ3n) is 6.88. The van der Waals surface area contributed by atoms with Gasteiger partial charge in [-0.25, -0.2) is 0 Å². The van der Waals surface area contributed by atoms with E-state index >= 15 is 0 Å². The molecule has 3 aliphatic carbocycles. The van der Waals surface area contributed by atoms with E-state index in [0.29, 0.717) is 0 Å². The number of aliphatic carboxylic acids is 1. The van der Waals surface area contributed by atoms with Crippen LogP contribution in [0.5, 0.6) is 0 Å². The van der Waals surface area contributed by atoms with E-state index in [1.165, 1.54) is 25.7 Å². The summed E-state index contributed by atoms with van der Waals surface area (Å²) in [5, 5.41) is 13.2. The van der Waals surface area contributed by atoms with Crippen LogP contribution in [0.25, 0.3) is 0 Å². The van der Waals surface area contributed by atoms with E-state index in [0.717, 1.165) is 70.9 Å². The molecule has 1 aliphatic heterocycles. The standard InChI is InChI=1S/C17H30N2O3.C6H8/c1-22-13-16(11-18-14-3-4-14)7-9-19(10-8-16)12-17(15(20)21)5-2-6-17;1-2-4-6-5-3-1/h14,18H,2-13H2,1H3,(H,20,21);1-4H,5-6H2. The van der Waals surface area contributed by atoms with Crippen molar-refractivity contribution in [1.82, 2.24) is 10.2 Å². The largest absolute Gasteiger partial charge is 0.481 e. The zero-order valence-electron chi connectivity index (χ0n) is 17.5. The van der Waals surface area contributed by atoms with E-state index in [4.69, 9.17) is 4.74 Å². The minimum Gasteiger partial charge on any atom is -0.481 e. The van der Waals surface area contributed by atoms with Crippen LogP contribution in [-0.2, 0) is 9.53 Å². The Labute approximate surface area is 170 Å². The Morgan fingerprint density at radius 3 is 2.18 bits per heavy atom. The molecule has 2 saturated carbocycles. The van der Waals surface area contributed by atoms with Crippen LogP contribution >= 0.6 is 0 Å². The molecule has 5 nitrogen and oxygen atoms in total. The van der Waals surface area contributed by atoms with Gasteiger partial charge in [0.2, 0.25) is 0 Å². The summed E-state index contributed by atoms with van der Waals surface area (Å²) in [5.74, 6) is -0.595. The Morgan fingerprint density at radius 1 is 1.14 bits per heavy atom. The van der Waals surface area contributed by atoms with Crippen molar-refractivity contribution in [2.24, 2.45) is 10.8 Å². The first-order chi connectivity index (χ1) is 13.6. The van der Waals surface area contributed by atoms with Crippen molar-refractivity contribution < 1.29 is 14.6 Å². The van der Waals surface area contributed by atoms with E-state index < -0.39 is 11.4 Å². The summed E-state index contributed by atoms with van der Waals surface area (Å²) in [4.78, 5) is 13.9. The molecule has 0 unspecified atom stereocenters. The van der Waals surface area contributed by atoms with Gasteiger partial charge >= 0.3 is 5.97 Å². The fraction of sp³-hybridized carbons (Fsp3) is 0.783. The first-order valence-electron chi connectivity index (χ1n) is 11.1. The van der Waals surface area contributed by atoms with Gasteiger partial charge < -0.3 is 20.1 Å². The lowest BCUT2D eigenvalue weighted by Gasteiger charge is -2.46. The molecule has 158 valence electrons. The van der Waals surface area contributed by atoms with Crippen LogP contribution in [0.15, 0.2) is 24.3 Å². The molecule has 5 heteroatoms. The highest BCUT2D eigenvalue weighted by Gasteiger charge is 2.46. The lowest BCUT2D eigenvalue weighted by Crippen LogP contribution is -2.53. The molecule has 0 aromatic carbocycles. The molecule has 0 amide bonds. The van der Waals surface area contributed by atoms with Crippen molar-refractivity contribution in [3.63, 3.8) is 0 Å². The minimum absolute atomic E-state index is 0.240. The highest BCUT2D eigenvalue weighted by atomic mass is 16.5. The monoisotopic (exact) mass is 390 g/mol. The molecule has 0 atom stereocenters. The highest BCUT2D eigenvalue weighted by molar-refractivity contribution is 5.76. The molecule has 4 rings (SSSR count). The van der Waals surface area contributed by atoms with Gasteiger partial charge in [0, 0.05) is 31.7 Å². The number of allylic oxidation sites excluding steroid dienone is 4. The SMILES string of the molecule is C1=CCCC=C1.COCC1(CNC2CC2)CCN(CC2(C(=O)O)CCC2)CC1. The summed E-state index contributed by atoms with van der Waals surface area (Å²) < 4.78 is 5.49. The maximum absolute atomic E-state index is 11.5. The Balaban J connectivity index is 0.000000320. The number of carboxylic acid groups (broad SMARTS) is 1. The number of rotatable bonds is 8. The zero-order valence-corrected chi connectivity index (χ0v) is 17.5. The minimum atomic E-state index is -0.595. The van der Waals surface area contributed by atoms with Crippen LogP contribution in [-0.4, -0.2) is 61.9 Å². The summed E-state index contributed by atoms with van der Waals surface area (Å²) in [6, 6.07) is 0.733. The van der Waals surface area contributed by atoms with Crippen LogP contribution in [0.1, 0.15) is 57.8 Å². The molecule has 3 fully saturated rings. The molecule has 0 aromatic heterocycles. The van der Waals surface area contributed by atoms with Gasteiger partial charge in [0.15, 0.2) is 0 Å². The quantitative estimate of drug-likeness (QED) is 0.663. The van der Waals surface area contributed by atoms with Crippen molar-refractivity contribution in [1.29, 1.82) is 0 Å². The Kier molecular flexibility index (Phi) is 7.72. The lowest BCUT2D eigenvalue weighted by molar-refractivity contribution is -0.157. The molecular formula is C23H38N2O3. The summed E-state index contributed by atoms with van der Waals surface area (Å²) in [5.41, 5.74) is -0.211. The first kappa shape index (κ1) is 21.5. The fourth-order valence-electron chi connectivity index (χ4n) is 4.53. The maximum atomic E-state index is 11.5. The molecule has 0 radical (unpaired) electrons. The van der Waals surface area contributed by atoms with Gasteiger partial charge in [0.05, 0.1) is 12.0 Å². The summed E-state index contributed by atoms with van der Waals surface area (Å²) in [6.07, 6.45) is 18.6. The predicted molar refractivity (Wildman–Crippen MR) is 112 cm³/mol. The van der Waals surface area contributed by atoms with Crippen LogP contribution in [0.2, 0.25) is 0 Å². The van der Waals surface area contributed by atoms with Gasteiger partial charge in [-0.05, 0) is 64.5 Å². The van der Waals surface area contributed by atoms with E-state index in [1.54, 1.807) is 7.11 Å². The smallest absolute Gasteiger partial charge is 0.310 e. The van der Waals surface area contributed by atoms with Crippen molar-refractivity contribution in [3.8, 4) is 0 Å². The number of likely N-dealkylation sites (tertiary alicyclic amines) is 1. The average Bonchev–Trinajstić information content (AvgIpc) is 3.51. The van der Waals surface area contributed by atoms with Crippen LogP contribution in [0.4, 0.5) is 0 Å². The number of hydrogen-bond acceptors (Lipinski definition) is 4. The summed E-state index contributed by atoms with van der Waals surface area (Å²) in [6.45, 7) is 4.60. The van der Waals surface area contributed by atoms with Crippen molar-refractivity contribution in [3.05, 3.63) is 24.3 Å². The van der Waals surface area contributed by atoms with Crippen LogP contribution in [0, 0.1) is 10.8 Å². The van der Waals surface area contributed by atoms with Gasteiger partial charge in [0.1, 0.15) is 0 Å². The maximum Gasteiger partial charge on any atom is 0.310 e. The Morgan fingerprint density at radius 2 is 1.79 bits per heavy atom. The molecular weight excluding hydrogens is 352 g/mol. The number of methoxy groups -OCH3 is 1. The third kappa shape index (κ3) is 5.91. The number of nitrogens with one attached hydrogen (secondary N) is 1. The summed E-state index contributed by atoms with van der Waals surface area (Å²) in [7, 11) is 1.79. The molecule has 0 aromatic rings. The van der Waals surface area contributed by atoms with Crippen molar-refractivity contribution in [2.45, 2.75) is 63.8 Å². The number of carbonyl (C=O) groups is 1. The zero-order chi connectivity index (χ0) is 19.9. The third-order valence-corrected chi connectivity index (χ3v) is 6.88. The number of piperidine rings is 1. The van der Waals surface area contributed by atoms with E-state index in [-0.39, 0.29) is 5.41 Å². The molecule has 28 heavy (non-hydrogen) atoms. The van der Waals surface area contributed by atoms with E-state index in [9.17, 15) is 9.90 Å². The first-order valence-corrected chi connectivity index (χ1v) is 11.1. The number of carboxylic acids is 1. The van der Waals surface area contributed by atoms with Crippen molar-refractivity contribution >= 4 is 5.97 Å². The molecule has 0 bridgehead atoms. The molecule has 1 heterocycles. The highest BCUT2D eigenvalue weighted by Crippen LogP contribution is 2.43.